The summed E-state index contributed by atoms with van der Waals surface area (Å²) in [6.45, 7) is 5.59. The number of amides is 3. The van der Waals surface area contributed by atoms with Gasteiger partial charge in [-0.25, -0.2) is 0 Å². The van der Waals surface area contributed by atoms with Crippen molar-refractivity contribution in [3.05, 3.63) is 53.6 Å². The number of carbonyl (C=O) groups excluding carboxylic acids is 3. The van der Waals surface area contributed by atoms with Crippen LogP contribution >= 0.6 is 0 Å². The summed E-state index contributed by atoms with van der Waals surface area (Å²) in [5.74, 6) is 0.149. The molecule has 0 aliphatic carbocycles. The normalized spacial score (nSPS) is 13.2. The van der Waals surface area contributed by atoms with Crippen LogP contribution in [0.15, 0.2) is 42.5 Å². The Morgan fingerprint density at radius 1 is 0.971 bits per heavy atom. The highest BCUT2D eigenvalue weighted by Gasteiger charge is 2.20. The molecule has 35 heavy (non-hydrogen) atoms. The Morgan fingerprint density at radius 3 is 2.43 bits per heavy atom. The van der Waals surface area contributed by atoms with Gasteiger partial charge in [-0.15, -0.1) is 0 Å². The van der Waals surface area contributed by atoms with Crippen LogP contribution in [0.25, 0.3) is 0 Å². The highest BCUT2D eigenvalue weighted by molar-refractivity contribution is 5.99. The van der Waals surface area contributed by atoms with Gasteiger partial charge in [0.25, 0.3) is 11.8 Å². The Morgan fingerprint density at radius 2 is 1.71 bits per heavy atom. The number of para-hydroxylation sites is 1. The molecule has 1 N–H and O–H groups in total. The molecule has 1 aliphatic rings. The summed E-state index contributed by atoms with van der Waals surface area (Å²) >= 11 is 0. The highest BCUT2D eigenvalue weighted by atomic mass is 16.5. The quantitative estimate of drug-likeness (QED) is 0.558. The van der Waals surface area contributed by atoms with E-state index in [1.165, 1.54) is 4.90 Å². The molecule has 188 valence electrons. The predicted octanol–water partition coefficient (Wildman–Crippen LogP) is 3.75. The molecule has 2 aromatic rings. The summed E-state index contributed by atoms with van der Waals surface area (Å²) < 4.78 is 11.4. The SMILES string of the molecule is CCOc1cc(C(=O)N(C)CC(=O)Nc2ccccc2CC)ccc1OCC(=O)N1CCCCC1. The Labute approximate surface area is 207 Å². The molecule has 0 saturated carbocycles. The average Bonchev–Trinajstić information content (AvgIpc) is 2.88. The monoisotopic (exact) mass is 481 g/mol. The average molecular weight is 482 g/mol. The Bertz CT molecular complexity index is 1030. The first kappa shape index (κ1) is 26.1. The maximum Gasteiger partial charge on any atom is 0.260 e. The van der Waals surface area contributed by atoms with Crippen LogP contribution < -0.4 is 14.8 Å². The Balaban J connectivity index is 1.62. The molecular formula is C27H35N3O5. The second kappa shape index (κ2) is 12.8. The van der Waals surface area contributed by atoms with Gasteiger partial charge in [0.2, 0.25) is 5.91 Å². The molecule has 3 rings (SSSR count). The van der Waals surface area contributed by atoms with E-state index in [0.717, 1.165) is 50.0 Å². The van der Waals surface area contributed by atoms with Gasteiger partial charge >= 0.3 is 0 Å². The molecule has 0 unspecified atom stereocenters. The van der Waals surface area contributed by atoms with Gasteiger partial charge in [0.1, 0.15) is 0 Å². The van der Waals surface area contributed by atoms with E-state index in [4.69, 9.17) is 9.47 Å². The molecule has 1 fully saturated rings. The van der Waals surface area contributed by atoms with Gasteiger partial charge in [-0.05, 0) is 62.4 Å². The van der Waals surface area contributed by atoms with Crippen LogP contribution in [0.3, 0.4) is 0 Å². The van der Waals surface area contributed by atoms with Crippen molar-refractivity contribution >= 4 is 23.4 Å². The number of aryl methyl sites for hydroxylation is 1. The minimum absolute atomic E-state index is 0.0531. The van der Waals surface area contributed by atoms with Gasteiger partial charge in [-0.1, -0.05) is 25.1 Å². The molecule has 0 bridgehead atoms. The van der Waals surface area contributed by atoms with E-state index in [1.54, 1.807) is 25.2 Å². The van der Waals surface area contributed by atoms with Crippen molar-refractivity contribution in [1.29, 1.82) is 0 Å². The summed E-state index contributed by atoms with van der Waals surface area (Å²) in [7, 11) is 1.58. The number of ether oxygens (including phenoxy) is 2. The summed E-state index contributed by atoms with van der Waals surface area (Å²) in [4.78, 5) is 41.1. The fraction of sp³-hybridized carbons (Fsp3) is 0.444. The summed E-state index contributed by atoms with van der Waals surface area (Å²) in [5.41, 5.74) is 2.15. The maximum absolute atomic E-state index is 13.0. The number of nitrogens with one attached hydrogen (secondary N) is 1. The lowest BCUT2D eigenvalue weighted by Crippen LogP contribution is -2.38. The van der Waals surface area contributed by atoms with Gasteiger partial charge in [0.15, 0.2) is 18.1 Å². The topological polar surface area (TPSA) is 88.2 Å². The minimum atomic E-state index is -0.319. The molecule has 8 nitrogen and oxygen atoms in total. The highest BCUT2D eigenvalue weighted by Crippen LogP contribution is 2.29. The third kappa shape index (κ3) is 7.21. The van der Waals surface area contributed by atoms with Crippen molar-refractivity contribution in [3.63, 3.8) is 0 Å². The van der Waals surface area contributed by atoms with Gasteiger partial charge in [0.05, 0.1) is 13.2 Å². The van der Waals surface area contributed by atoms with Gasteiger partial charge in [-0.3, -0.25) is 14.4 Å². The first-order chi connectivity index (χ1) is 16.9. The number of likely N-dealkylation sites (tertiary alicyclic amines) is 1. The van der Waals surface area contributed by atoms with Crippen molar-refractivity contribution in [3.8, 4) is 11.5 Å². The lowest BCUT2D eigenvalue weighted by Gasteiger charge is -2.26. The summed E-state index contributed by atoms with van der Waals surface area (Å²) in [6, 6.07) is 12.4. The minimum Gasteiger partial charge on any atom is -0.490 e. The lowest BCUT2D eigenvalue weighted by atomic mass is 10.1. The largest absolute Gasteiger partial charge is 0.490 e. The predicted molar refractivity (Wildman–Crippen MR) is 135 cm³/mol. The van der Waals surface area contributed by atoms with E-state index < -0.39 is 0 Å². The van der Waals surface area contributed by atoms with E-state index in [2.05, 4.69) is 5.32 Å². The molecule has 0 atom stereocenters. The van der Waals surface area contributed by atoms with E-state index in [-0.39, 0.29) is 30.9 Å². The van der Waals surface area contributed by atoms with Crippen molar-refractivity contribution in [1.82, 2.24) is 9.80 Å². The number of hydrogen-bond acceptors (Lipinski definition) is 5. The van der Waals surface area contributed by atoms with E-state index >= 15 is 0 Å². The summed E-state index contributed by atoms with van der Waals surface area (Å²) in [5, 5.41) is 2.88. The maximum atomic E-state index is 13.0. The lowest BCUT2D eigenvalue weighted by molar-refractivity contribution is -0.134. The van der Waals surface area contributed by atoms with E-state index in [0.29, 0.717) is 23.7 Å². The molecule has 1 aliphatic heterocycles. The van der Waals surface area contributed by atoms with Crippen LogP contribution in [0.1, 0.15) is 49.0 Å². The van der Waals surface area contributed by atoms with Gasteiger partial charge in [-0.2, -0.15) is 0 Å². The van der Waals surface area contributed by atoms with Crippen molar-refractivity contribution in [2.45, 2.75) is 39.5 Å². The van der Waals surface area contributed by atoms with Crippen LogP contribution in [0, 0.1) is 0 Å². The number of nitrogens with zero attached hydrogens (tertiary/aromatic N) is 2. The zero-order chi connectivity index (χ0) is 25.2. The molecule has 1 heterocycles. The Hall–Kier alpha value is -3.55. The second-order valence-corrected chi connectivity index (χ2v) is 8.54. The summed E-state index contributed by atoms with van der Waals surface area (Å²) in [6.07, 6.45) is 3.98. The standard InChI is InChI=1S/C27H35N3O5/c1-4-20-11-7-8-12-22(20)28-25(31)18-29(3)27(33)21-13-14-23(24(17-21)34-5-2)35-19-26(32)30-15-9-6-10-16-30/h7-8,11-14,17H,4-6,9-10,15-16,18-19H2,1-3H3,(H,28,31). The molecular weight excluding hydrogens is 446 g/mol. The van der Waals surface area contributed by atoms with Crippen LogP contribution in [0.4, 0.5) is 5.69 Å². The first-order valence-corrected chi connectivity index (χ1v) is 12.2. The molecule has 0 aromatic heterocycles. The molecule has 3 amide bonds. The van der Waals surface area contributed by atoms with Crippen molar-refractivity contribution in [2.75, 3.05) is 45.2 Å². The third-order valence-electron chi connectivity index (χ3n) is 5.95. The fourth-order valence-electron chi connectivity index (χ4n) is 4.05. The Kier molecular flexibility index (Phi) is 9.52. The van der Waals surface area contributed by atoms with E-state index in [9.17, 15) is 14.4 Å². The number of likely N-dealkylation sites (N-methyl/N-ethyl adjacent to an activating group) is 1. The zero-order valence-corrected chi connectivity index (χ0v) is 20.8. The van der Waals surface area contributed by atoms with Crippen molar-refractivity contribution in [2.24, 2.45) is 0 Å². The number of anilines is 1. The number of piperidine rings is 1. The number of benzene rings is 2. The molecule has 8 heteroatoms. The van der Waals surface area contributed by atoms with Gasteiger partial charge < -0.3 is 24.6 Å². The molecule has 1 saturated heterocycles. The van der Waals surface area contributed by atoms with Crippen molar-refractivity contribution < 1.29 is 23.9 Å². The third-order valence-corrected chi connectivity index (χ3v) is 5.95. The van der Waals surface area contributed by atoms with E-state index in [1.807, 2.05) is 43.0 Å². The van der Waals surface area contributed by atoms with Gasteiger partial charge in [0, 0.05) is 31.4 Å². The smallest absolute Gasteiger partial charge is 0.260 e. The van der Waals surface area contributed by atoms with Crippen LogP contribution in [0.2, 0.25) is 0 Å². The number of rotatable bonds is 10. The molecule has 0 spiro atoms. The molecule has 0 radical (unpaired) electrons. The van der Waals surface area contributed by atoms with Crippen LogP contribution in [0.5, 0.6) is 11.5 Å². The number of hydrogen-bond donors (Lipinski definition) is 1. The second-order valence-electron chi connectivity index (χ2n) is 8.54. The fourth-order valence-corrected chi connectivity index (χ4v) is 4.05. The number of carbonyl (C=O) groups is 3. The first-order valence-electron chi connectivity index (χ1n) is 12.2. The zero-order valence-electron chi connectivity index (χ0n) is 20.8. The van der Waals surface area contributed by atoms with Crippen LogP contribution in [-0.2, 0) is 16.0 Å². The van der Waals surface area contributed by atoms with Crippen LogP contribution in [-0.4, -0.2) is 67.4 Å². The molecule has 2 aromatic carbocycles.